The lowest BCUT2D eigenvalue weighted by atomic mass is 10.1. The summed E-state index contributed by atoms with van der Waals surface area (Å²) in [7, 11) is 0. The number of aliphatic hydroxyl groups is 1. The van der Waals surface area contributed by atoms with Gasteiger partial charge in [-0.15, -0.1) is 0 Å². The summed E-state index contributed by atoms with van der Waals surface area (Å²) in [4.78, 5) is 40.9. The van der Waals surface area contributed by atoms with Gasteiger partial charge in [-0.3, -0.25) is 14.9 Å². The number of ether oxygens (including phenoxy) is 2. The van der Waals surface area contributed by atoms with Crippen molar-refractivity contribution in [2.75, 3.05) is 99.3 Å². The van der Waals surface area contributed by atoms with Crippen LogP contribution in [0.3, 0.4) is 0 Å². The van der Waals surface area contributed by atoms with Crippen LogP contribution in [0, 0.1) is 10.1 Å². The number of hydrogen-bond donors (Lipinski definition) is 5. The van der Waals surface area contributed by atoms with Gasteiger partial charge in [0.25, 0.3) is 5.69 Å². The Morgan fingerprint density at radius 1 is 0.891 bits per heavy atom. The zero-order valence-electron chi connectivity index (χ0n) is 25.8. The van der Waals surface area contributed by atoms with E-state index in [1.807, 2.05) is 24.3 Å². The zero-order chi connectivity index (χ0) is 32.6. The molecule has 4 rings (SSSR count). The molecule has 0 saturated carbocycles. The molecule has 2 aromatic carbocycles. The molecule has 0 bridgehead atoms. The van der Waals surface area contributed by atoms with Gasteiger partial charge in [0, 0.05) is 75.9 Å². The largest absolute Gasteiger partial charge is 0.396 e. The van der Waals surface area contributed by atoms with Crippen LogP contribution < -0.4 is 31.5 Å². The van der Waals surface area contributed by atoms with Crippen LogP contribution in [-0.4, -0.2) is 110 Å². The maximum Gasteiger partial charge on any atom is 0.269 e. The Labute approximate surface area is 267 Å². The molecule has 248 valence electrons. The number of aliphatic hydroxyl groups excluding tert-OH is 1. The van der Waals surface area contributed by atoms with Gasteiger partial charge >= 0.3 is 0 Å². The summed E-state index contributed by atoms with van der Waals surface area (Å²) < 4.78 is 10.7. The number of benzene rings is 2. The third-order valence-electron chi connectivity index (χ3n) is 7.01. The number of non-ortho nitro benzene ring substituents is 1. The molecule has 6 N–H and O–H groups in total. The van der Waals surface area contributed by atoms with Gasteiger partial charge in [-0.1, -0.05) is 12.1 Å². The maximum atomic E-state index is 12.3. The Bertz CT molecular complexity index is 1370. The Morgan fingerprint density at radius 3 is 2.24 bits per heavy atom. The Balaban J connectivity index is 1.31. The lowest BCUT2D eigenvalue weighted by Crippen LogP contribution is -2.47. The number of piperazine rings is 1. The number of amides is 1. The van der Waals surface area contributed by atoms with E-state index in [1.165, 1.54) is 12.1 Å². The van der Waals surface area contributed by atoms with Crippen LogP contribution in [0.25, 0.3) is 0 Å². The highest BCUT2D eigenvalue weighted by molar-refractivity contribution is 5.78. The molecule has 1 amide bonds. The maximum absolute atomic E-state index is 12.3. The molecular weight excluding hydrogens is 596 g/mol. The monoisotopic (exact) mass is 638 g/mol. The smallest absolute Gasteiger partial charge is 0.269 e. The first-order chi connectivity index (χ1) is 22.4. The van der Waals surface area contributed by atoms with Gasteiger partial charge in [-0.25, -0.2) is 0 Å². The highest BCUT2D eigenvalue weighted by Crippen LogP contribution is 2.23. The molecule has 1 aromatic heterocycles. The van der Waals surface area contributed by atoms with E-state index >= 15 is 0 Å². The normalized spacial score (nSPS) is 13.0. The molecule has 1 aliphatic heterocycles. The van der Waals surface area contributed by atoms with E-state index in [0.717, 1.165) is 16.9 Å². The zero-order valence-corrected chi connectivity index (χ0v) is 25.8. The molecule has 0 unspecified atom stereocenters. The van der Waals surface area contributed by atoms with E-state index in [-0.39, 0.29) is 24.6 Å². The summed E-state index contributed by atoms with van der Waals surface area (Å²) in [5.74, 6) is 1.15. The minimum absolute atomic E-state index is 0.0455. The van der Waals surface area contributed by atoms with E-state index < -0.39 is 4.92 Å². The van der Waals surface area contributed by atoms with Crippen LogP contribution in [0.15, 0.2) is 48.5 Å². The Morgan fingerprint density at radius 2 is 1.57 bits per heavy atom. The predicted molar refractivity (Wildman–Crippen MR) is 175 cm³/mol. The van der Waals surface area contributed by atoms with Gasteiger partial charge in [-0.2, -0.15) is 15.0 Å². The minimum Gasteiger partial charge on any atom is -0.396 e. The van der Waals surface area contributed by atoms with Gasteiger partial charge in [-0.05, 0) is 36.2 Å². The van der Waals surface area contributed by atoms with Crippen molar-refractivity contribution in [1.82, 2.24) is 20.3 Å². The second-order valence-electron chi connectivity index (χ2n) is 10.4. The fourth-order valence-corrected chi connectivity index (χ4v) is 4.62. The molecule has 2 heterocycles. The number of carbonyl (C=O) groups excluding carboxylic acids is 1. The number of nitrogens with one attached hydrogen (secondary N) is 3. The van der Waals surface area contributed by atoms with Crippen LogP contribution in [0.5, 0.6) is 0 Å². The number of rotatable bonds is 19. The van der Waals surface area contributed by atoms with Gasteiger partial charge in [0.15, 0.2) is 0 Å². The third kappa shape index (κ3) is 11.1. The number of carbonyl (C=O) groups is 1. The number of hydrogen-bond acceptors (Lipinski definition) is 14. The molecule has 16 heteroatoms. The van der Waals surface area contributed by atoms with Crippen LogP contribution in [-0.2, 0) is 20.7 Å². The van der Waals surface area contributed by atoms with Crippen molar-refractivity contribution in [3.63, 3.8) is 0 Å². The molecule has 3 aromatic rings. The molecule has 0 radical (unpaired) electrons. The van der Waals surface area contributed by atoms with Crippen molar-refractivity contribution in [1.29, 1.82) is 0 Å². The molecule has 0 spiro atoms. The van der Waals surface area contributed by atoms with Gasteiger partial charge in [0.1, 0.15) is 0 Å². The SMILES string of the molecule is NCCOCCOCCNC(=O)Cc1ccc(Nc2nc(NCCCO)nc(N3CCN(c4ccc([N+](=O)[O-])cc4)CC3)n2)cc1. The fourth-order valence-electron chi connectivity index (χ4n) is 4.62. The predicted octanol–water partition coefficient (Wildman–Crippen LogP) is 1.29. The van der Waals surface area contributed by atoms with Crippen LogP contribution in [0.4, 0.5) is 34.9 Å². The van der Waals surface area contributed by atoms with E-state index in [9.17, 15) is 20.0 Å². The summed E-state index contributed by atoms with van der Waals surface area (Å²) in [5, 5.41) is 29.4. The number of anilines is 5. The first-order valence-electron chi connectivity index (χ1n) is 15.3. The Hall–Kier alpha value is -4.64. The molecule has 1 aliphatic rings. The lowest BCUT2D eigenvalue weighted by Gasteiger charge is -2.36. The van der Waals surface area contributed by atoms with Crippen molar-refractivity contribution < 1.29 is 24.3 Å². The first-order valence-corrected chi connectivity index (χ1v) is 15.3. The van der Waals surface area contributed by atoms with Crippen LogP contribution >= 0.6 is 0 Å². The number of nitro benzene ring substituents is 1. The van der Waals surface area contributed by atoms with E-state index in [0.29, 0.717) is 96.5 Å². The van der Waals surface area contributed by atoms with Gasteiger partial charge < -0.3 is 46.1 Å². The second-order valence-corrected chi connectivity index (χ2v) is 10.4. The molecule has 0 aliphatic carbocycles. The van der Waals surface area contributed by atoms with E-state index in [4.69, 9.17) is 15.2 Å². The third-order valence-corrected chi connectivity index (χ3v) is 7.01. The van der Waals surface area contributed by atoms with E-state index in [1.54, 1.807) is 12.1 Å². The van der Waals surface area contributed by atoms with Crippen molar-refractivity contribution in [3.05, 3.63) is 64.2 Å². The quantitative estimate of drug-likeness (QED) is 0.0713. The standard InChI is InChI=1S/C30H42N10O6/c31-10-18-45-20-21-46-19-12-32-27(42)22-23-2-4-24(5-3-23)34-29-35-28(33-11-1-17-41)36-30(37-29)39-15-13-38(14-16-39)25-6-8-26(9-7-25)40(43)44/h2-9,41H,1,10-22,31H2,(H,32,42)(H2,33,34,35,36,37). The molecule has 46 heavy (non-hydrogen) atoms. The van der Waals surface area contributed by atoms with Gasteiger partial charge in [0.2, 0.25) is 23.8 Å². The molecule has 1 saturated heterocycles. The molecule has 1 fully saturated rings. The Kier molecular flexibility index (Phi) is 13.7. The number of nitro groups is 1. The number of nitrogens with two attached hydrogens (primary N) is 1. The minimum atomic E-state index is -0.406. The fraction of sp³-hybridized carbons (Fsp3) is 0.467. The summed E-state index contributed by atoms with van der Waals surface area (Å²) >= 11 is 0. The average molecular weight is 639 g/mol. The highest BCUT2D eigenvalue weighted by Gasteiger charge is 2.21. The summed E-state index contributed by atoms with van der Waals surface area (Å²) in [6.07, 6.45) is 0.782. The van der Waals surface area contributed by atoms with Crippen molar-refractivity contribution in [2.45, 2.75) is 12.8 Å². The van der Waals surface area contributed by atoms with Crippen LogP contribution in [0.2, 0.25) is 0 Å². The van der Waals surface area contributed by atoms with E-state index in [2.05, 4.69) is 40.7 Å². The van der Waals surface area contributed by atoms with Crippen LogP contribution in [0.1, 0.15) is 12.0 Å². The lowest BCUT2D eigenvalue weighted by molar-refractivity contribution is -0.384. The number of aromatic nitrogens is 3. The van der Waals surface area contributed by atoms with Crippen molar-refractivity contribution in [2.24, 2.45) is 5.73 Å². The summed E-state index contributed by atoms with van der Waals surface area (Å²) in [6, 6.07) is 14.0. The van der Waals surface area contributed by atoms with Crippen molar-refractivity contribution in [3.8, 4) is 0 Å². The summed E-state index contributed by atoms with van der Waals surface area (Å²) in [6.45, 7) is 5.92. The van der Waals surface area contributed by atoms with Crippen molar-refractivity contribution >= 4 is 40.8 Å². The average Bonchev–Trinajstić information content (AvgIpc) is 3.07. The number of nitrogens with zero attached hydrogens (tertiary/aromatic N) is 6. The summed E-state index contributed by atoms with van der Waals surface area (Å²) in [5.41, 5.74) is 7.95. The first kappa shape index (κ1) is 34.2. The molecular formula is C30H42N10O6. The topological polar surface area (TPSA) is 206 Å². The molecule has 16 nitrogen and oxygen atoms in total. The van der Waals surface area contributed by atoms with Gasteiger partial charge in [0.05, 0.1) is 37.8 Å². The second kappa shape index (κ2) is 18.4. The molecule has 0 atom stereocenters. The highest BCUT2D eigenvalue weighted by atomic mass is 16.6.